The minimum absolute atomic E-state index is 0.0278. The Kier molecular flexibility index (Phi) is 59.2. The van der Waals surface area contributed by atoms with Gasteiger partial charge in [0.25, 0.3) is 0 Å². The summed E-state index contributed by atoms with van der Waals surface area (Å²) in [7, 11) is 0. The van der Waals surface area contributed by atoms with Gasteiger partial charge in [0.1, 0.15) is 0 Å². The van der Waals surface area contributed by atoms with E-state index in [4.69, 9.17) is 14.9 Å². The Labute approximate surface area is 126 Å². The normalized spacial score (nSPS) is 8.20. The molecule has 0 saturated heterocycles. The fourth-order valence-corrected chi connectivity index (χ4v) is 0.826. The topological polar surface area (TPSA) is 58.9 Å². The van der Waals surface area contributed by atoms with Crippen LogP contribution in [0.3, 0.4) is 0 Å². The van der Waals surface area contributed by atoms with Crippen molar-refractivity contribution in [1.82, 2.24) is 0 Å². The van der Waals surface area contributed by atoms with Gasteiger partial charge in [-0.15, -0.1) is 26.3 Å². The van der Waals surface area contributed by atoms with Gasteiger partial charge in [-0.3, -0.25) is 0 Å². The lowest BCUT2D eigenvalue weighted by Crippen LogP contribution is -2.03. The van der Waals surface area contributed by atoms with Crippen molar-refractivity contribution in [3.05, 3.63) is 26.3 Å². The first-order chi connectivity index (χ1) is 9.83. The van der Waals surface area contributed by atoms with E-state index in [9.17, 15) is 0 Å². The van der Waals surface area contributed by atoms with Crippen LogP contribution in [0.15, 0.2) is 26.3 Å². The fourth-order valence-electron chi connectivity index (χ4n) is 0.826. The standard InChI is InChI=1S/C8H18O.C4H10O3.2C2H4/c1-3-5-7-9-8-6-4-2;5-1-3-7-4-2-6;2*1-2/h3-8H2,1-2H3;5-6H,1-4H2;2*1-2H2. The number of aliphatic hydroxyl groups is 2. The van der Waals surface area contributed by atoms with Crippen LogP contribution in [0.2, 0.25) is 0 Å². The first-order valence-electron chi connectivity index (χ1n) is 7.20. The van der Waals surface area contributed by atoms with Crippen molar-refractivity contribution in [3.8, 4) is 0 Å². The summed E-state index contributed by atoms with van der Waals surface area (Å²) >= 11 is 0. The number of hydrogen-bond donors (Lipinski definition) is 2. The maximum Gasteiger partial charge on any atom is 0.0698 e. The summed E-state index contributed by atoms with van der Waals surface area (Å²) in [5.41, 5.74) is 0. The third kappa shape index (κ3) is 53.1. The zero-order valence-corrected chi connectivity index (χ0v) is 13.6. The SMILES string of the molecule is C=C.C=C.CCCCOCCCC.OCCOCCO. The molecule has 0 aliphatic carbocycles. The van der Waals surface area contributed by atoms with E-state index in [2.05, 4.69) is 44.9 Å². The molecule has 0 atom stereocenters. The van der Waals surface area contributed by atoms with Crippen LogP contribution in [0.1, 0.15) is 39.5 Å². The molecule has 0 bridgehead atoms. The smallest absolute Gasteiger partial charge is 0.0698 e. The highest BCUT2D eigenvalue weighted by Gasteiger charge is 1.84. The summed E-state index contributed by atoms with van der Waals surface area (Å²) < 4.78 is 9.95. The zero-order valence-electron chi connectivity index (χ0n) is 13.6. The zero-order chi connectivity index (χ0) is 16.5. The monoisotopic (exact) mass is 292 g/mol. The lowest BCUT2D eigenvalue weighted by molar-refractivity contribution is 0.0650. The second-order valence-corrected chi connectivity index (χ2v) is 3.38. The van der Waals surface area contributed by atoms with E-state index in [0.717, 1.165) is 13.2 Å². The lowest BCUT2D eigenvalue weighted by Gasteiger charge is -1.99. The van der Waals surface area contributed by atoms with Gasteiger partial charge in [0.05, 0.1) is 26.4 Å². The van der Waals surface area contributed by atoms with E-state index in [1.165, 1.54) is 25.7 Å². The Morgan fingerprint density at radius 1 is 0.650 bits per heavy atom. The molecule has 0 spiro atoms. The summed E-state index contributed by atoms with van der Waals surface area (Å²) in [5.74, 6) is 0. The molecule has 124 valence electrons. The molecule has 0 heterocycles. The van der Waals surface area contributed by atoms with Crippen molar-refractivity contribution in [3.63, 3.8) is 0 Å². The van der Waals surface area contributed by atoms with Gasteiger partial charge in [0.2, 0.25) is 0 Å². The number of ether oxygens (including phenoxy) is 2. The quantitative estimate of drug-likeness (QED) is 0.479. The highest BCUT2D eigenvalue weighted by molar-refractivity contribution is 4.33. The van der Waals surface area contributed by atoms with Gasteiger partial charge in [0, 0.05) is 13.2 Å². The van der Waals surface area contributed by atoms with Crippen LogP contribution >= 0.6 is 0 Å². The summed E-state index contributed by atoms with van der Waals surface area (Å²) in [4.78, 5) is 0. The maximum absolute atomic E-state index is 8.09. The number of aliphatic hydroxyl groups excluding tert-OH is 2. The third-order valence-corrected chi connectivity index (χ3v) is 1.76. The molecule has 0 aliphatic rings. The van der Waals surface area contributed by atoms with Gasteiger partial charge < -0.3 is 19.7 Å². The van der Waals surface area contributed by atoms with Crippen LogP contribution in [0.4, 0.5) is 0 Å². The minimum atomic E-state index is 0.0278. The Balaban J connectivity index is -0.000000104. The molecule has 4 nitrogen and oxygen atoms in total. The first-order valence-corrected chi connectivity index (χ1v) is 7.20. The van der Waals surface area contributed by atoms with Gasteiger partial charge in [-0.2, -0.15) is 0 Å². The molecule has 0 saturated carbocycles. The second-order valence-electron chi connectivity index (χ2n) is 3.38. The third-order valence-electron chi connectivity index (χ3n) is 1.76. The van der Waals surface area contributed by atoms with Gasteiger partial charge in [0.15, 0.2) is 0 Å². The summed E-state index contributed by atoms with van der Waals surface area (Å²) in [6.07, 6.45) is 4.91. The van der Waals surface area contributed by atoms with E-state index in [1.807, 2.05) is 0 Å². The molecule has 0 radical (unpaired) electrons. The summed E-state index contributed by atoms with van der Waals surface area (Å²) in [5, 5.41) is 16.2. The van der Waals surface area contributed by atoms with Gasteiger partial charge in [-0.05, 0) is 12.8 Å². The fraction of sp³-hybridized carbons (Fsp3) is 0.750. The van der Waals surface area contributed by atoms with E-state index in [-0.39, 0.29) is 13.2 Å². The van der Waals surface area contributed by atoms with Crippen molar-refractivity contribution in [1.29, 1.82) is 0 Å². The number of hydrogen-bond acceptors (Lipinski definition) is 4. The van der Waals surface area contributed by atoms with Gasteiger partial charge >= 0.3 is 0 Å². The second kappa shape index (κ2) is 42.9. The van der Waals surface area contributed by atoms with Gasteiger partial charge in [-0.25, -0.2) is 0 Å². The van der Waals surface area contributed by atoms with Crippen LogP contribution in [0, 0.1) is 0 Å². The maximum atomic E-state index is 8.09. The van der Waals surface area contributed by atoms with E-state index in [1.54, 1.807) is 0 Å². The van der Waals surface area contributed by atoms with Crippen molar-refractivity contribution in [2.24, 2.45) is 0 Å². The van der Waals surface area contributed by atoms with Crippen LogP contribution in [-0.2, 0) is 9.47 Å². The lowest BCUT2D eigenvalue weighted by atomic mass is 10.3. The highest BCUT2D eigenvalue weighted by Crippen LogP contribution is 1.91. The average Bonchev–Trinajstić information content (AvgIpc) is 2.52. The molecule has 0 unspecified atom stereocenters. The molecular formula is C16H36O4. The number of rotatable bonds is 10. The molecule has 0 amide bonds. The molecule has 0 rings (SSSR count). The van der Waals surface area contributed by atoms with Crippen molar-refractivity contribution in [2.45, 2.75) is 39.5 Å². The minimum Gasteiger partial charge on any atom is -0.394 e. The Bertz CT molecular complexity index is 109. The van der Waals surface area contributed by atoms with Crippen molar-refractivity contribution in [2.75, 3.05) is 39.6 Å². The van der Waals surface area contributed by atoms with Crippen LogP contribution in [0.25, 0.3) is 0 Å². The highest BCUT2D eigenvalue weighted by atomic mass is 16.5. The van der Waals surface area contributed by atoms with E-state index in [0.29, 0.717) is 13.2 Å². The summed E-state index contributed by atoms with van der Waals surface area (Å²) in [6, 6.07) is 0. The van der Waals surface area contributed by atoms with Crippen LogP contribution < -0.4 is 0 Å². The van der Waals surface area contributed by atoms with E-state index >= 15 is 0 Å². The predicted octanol–water partition coefficient (Wildman–Crippen LogP) is 3.20. The molecule has 0 aliphatic heterocycles. The largest absolute Gasteiger partial charge is 0.394 e. The average molecular weight is 292 g/mol. The molecule has 2 N–H and O–H groups in total. The van der Waals surface area contributed by atoms with Crippen molar-refractivity contribution < 1.29 is 19.7 Å². The predicted molar refractivity (Wildman–Crippen MR) is 88.1 cm³/mol. The molecule has 4 heteroatoms. The number of unbranched alkanes of at least 4 members (excludes halogenated alkanes) is 2. The van der Waals surface area contributed by atoms with Crippen LogP contribution in [-0.4, -0.2) is 49.9 Å². The Morgan fingerprint density at radius 3 is 1.20 bits per heavy atom. The Hall–Kier alpha value is -0.680. The molecular weight excluding hydrogens is 256 g/mol. The molecule has 0 aromatic rings. The first kappa shape index (κ1) is 27.6. The van der Waals surface area contributed by atoms with Crippen LogP contribution in [0.5, 0.6) is 0 Å². The molecule has 0 aromatic carbocycles. The molecule has 20 heavy (non-hydrogen) atoms. The summed E-state index contributed by atoms with van der Waals surface area (Å²) in [6.45, 7) is 19.0. The van der Waals surface area contributed by atoms with E-state index < -0.39 is 0 Å². The van der Waals surface area contributed by atoms with Crippen molar-refractivity contribution >= 4 is 0 Å². The molecule has 0 fully saturated rings. The van der Waals surface area contributed by atoms with Gasteiger partial charge in [-0.1, -0.05) is 26.7 Å². The molecule has 0 aromatic heterocycles. The Morgan fingerprint density at radius 2 is 0.950 bits per heavy atom.